The van der Waals surface area contributed by atoms with E-state index in [0.717, 1.165) is 11.8 Å². The Labute approximate surface area is 216 Å². The van der Waals surface area contributed by atoms with Crippen molar-refractivity contribution in [2.45, 2.75) is 32.4 Å². The molecule has 0 radical (unpaired) electrons. The van der Waals surface area contributed by atoms with Crippen molar-refractivity contribution in [3.63, 3.8) is 0 Å². The number of benzene rings is 2. The highest BCUT2D eigenvalue weighted by molar-refractivity contribution is 6.14. The molecule has 0 bridgehead atoms. The van der Waals surface area contributed by atoms with Crippen molar-refractivity contribution in [2.75, 3.05) is 10.2 Å². The van der Waals surface area contributed by atoms with Crippen molar-refractivity contribution in [3.05, 3.63) is 95.7 Å². The smallest absolute Gasteiger partial charge is 0.322 e. The number of pyridine rings is 1. The molecule has 0 saturated heterocycles. The van der Waals surface area contributed by atoms with Crippen LogP contribution in [0.4, 0.5) is 30.4 Å². The first-order valence-corrected chi connectivity index (χ1v) is 11.7. The van der Waals surface area contributed by atoms with Crippen molar-refractivity contribution in [1.82, 2.24) is 15.0 Å². The van der Waals surface area contributed by atoms with E-state index < -0.39 is 28.8 Å². The molecule has 38 heavy (non-hydrogen) atoms. The molecule has 2 aromatic heterocycles. The minimum Gasteiger partial charge on any atom is -0.322 e. The van der Waals surface area contributed by atoms with Crippen molar-refractivity contribution in [1.29, 1.82) is 0 Å². The maximum absolute atomic E-state index is 13.9. The molecule has 5 rings (SSSR count). The van der Waals surface area contributed by atoms with Gasteiger partial charge in [0.1, 0.15) is 12.1 Å². The third-order valence-electron chi connectivity index (χ3n) is 6.46. The molecule has 10 heteroatoms. The maximum atomic E-state index is 13.9. The highest BCUT2D eigenvalue weighted by Gasteiger charge is 2.47. The number of anilines is 3. The van der Waals surface area contributed by atoms with Gasteiger partial charge in [0, 0.05) is 23.6 Å². The second kappa shape index (κ2) is 9.05. The van der Waals surface area contributed by atoms with E-state index in [-0.39, 0.29) is 11.5 Å². The number of alkyl halides is 3. The second-order valence-corrected chi connectivity index (χ2v) is 9.47. The highest BCUT2D eigenvalue weighted by Crippen LogP contribution is 2.49. The van der Waals surface area contributed by atoms with Crippen LogP contribution < -0.4 is 10.2 Å². The van der Waals surface area contributed by atoms with E-state index in [1.807, 2.05) is 6.92 Å². The number of nitrogens with zero attached hydrogens (tertiary/aromatic N) is 4. The molecule has 1 aliphatic heterocycles. The Morgan fingerprint density at radius 1 is 1.03 bits per heavy atom. The van der Waals surface area contributed by atoms with E-state index in [1.54, 1.807) is 62.4 Å². The molecule has 3 heterocycles. The van der Waals surface area contributed by atoms with Crippen molar-refractivity contribution < 1.29 is 22.8 Å². The summed E-state index contributed by atoms with van der Waals surface area (Å²) in [4.78, 5) is 39.8. The summed E-state index contributed by atoms with van der Waals surface area (Å²) in [6.07, 6.45) is -0.926. The van der Waals surface area contributed by atoms with Gasteiger partial charge in [-0.25, -0.2) is 9.97 Å². The molecule has 2 aromatic carbocycles. The third-order valence-corrected chi connectivity index (χ3v) is 6.46. The molecular formula is C28H22F3N5O2. The summed E-state index contributed by atoms with van der Waals surface area (Å²) in [5, 5.41) is 2.53. The van der Waals surface area contributed by atoms with E-state index in [2.05, 4.69) is 20.3 Å². The predicted molar refractivity (Wildman–Crippen MR) is 136 cm³/mol. The first-order chi connectivity index (χ1) is 18.0. The highest BCUT2D eigenvalue weighted by atomic mass is 19.4. The van der Waals surface area contributed by atoms with Gasteiger partial charge in [-0.1, -0.05) is 29.8 Å². The van der Waals surface area contributed by atoms with Gasteiger partial charge in [-0.3, -0.25) is 19.5 Å². The summed E-state index contributed by atoms with van der Waals surface area (Å²) >= 11 is 0. The number of hydrogen-bond donors (Lipinski definition) is 1. The van der Waals surface area contributed by atoms with Crippen LogP contribution in [0.3, 0.4) is 0 Å². The van der Waals surface area contributed by atoms with Crippen molar-refractivity contribution in [3.8, 4) is 11.1 Å². The quantitative estimate of drug-likeness (QED) is 0.355. The van der Waals surface area contributed by atoms with Gasteiger partial charge < -0.3 is 5.32 Å². The lowest BCUT2D eigenvalue weighted by Gasteiger charge is -2.20. The number of nitrogens with one attached hydrogen (secondary N) is 1. The number of amides is 2. The van der Waals surface area contributed by atoms with Gasteiger partial charge >= 0.3 is 6.18 Å². The van der Waals surface area contributed by atoms with Crippen LogP contribution in [0.5, 0.6) is 0 Å². The van der Waals surface area contributed by atoms with Gasteiger partial charge in [0.25, 0.3) is 5.91 Å². The number of carbonyl (C=O) groups is 2. The molecule has 192 valence electrons. The minimum absolute atomic E-state index is 0.254. The van der Waals surface area contributed by atoms with Gasteiger partial charge in [0.2, 0.25) is 5.91 Å². The van der Waals surface area contributed by atoms with E-state index >= 15 is 0 Å². The molecule has 0 aliphatic carbocycles. The zero-order valence-corrected chi connectivity index (χ0v) is 20.7. The Balaban J connectivity index is 1.64. The van der Waals surface area contributed by atoms with Gasteiger partial charge in [-0.2, -0.15) is 13.2 Å². The molecule has 4 aromatic rings. The van der Waals surface area contributed by atoms with Crippen LogP contribution in [-0.4, -0.2) is 26.8 Å². The van der Waals surface area contributed by atoms with Gasteiger partial charge in [-0.15, -0.1) is 0 Å². The van der Waals surface area contributed by atoms with Crippen LogP contribution in [0.2, 0.25) is 0 Å². The summed E-state index contributed by atoms with van der Waals surface area (Å²) in [5.74, 6) is -0.824. The van der Waals surface area contributed by atoms with E-state index in [9.17, 15) is 22.8 Å². The van der Waals surface area contributed by atoms with Gasteiger partial charge in [-0.05, 0) is 62.2 Å². The molecule has 1 N–H and O–H groups in total. The maximum Gasteiger partial charge on any atom is 0.434 e. The fourth-order valence-corrected chi connectivity index (χ4v) is 4.61. The Kier molecular flexibility index (Phi) is 5.97. The molecule has 1 aliphatic rings. The summed E-state index contributed by atoms with van der Waals surface area (Å²) < 4.78 is 41.6. The largest absolute Gasteiger partial charge is 0.434 e. The lowest BCUT2D eigenvalue weighted by molar-refractivity contribution is -0.141. The Hall–Kier alpha value is -4.60. The lowest BCUT2D eigenvalue weighted by atomic mass is 9.81. The fourth-order valence-electron chi connectivity index (χ4n) is 4.61. The number of hydrogen-bond acceptors (Lipinski definition) is 5. The molecule has 2 amide bonds. The predicted octanol–water partition coefficient (Wildman–Crippen LogP) is 6.07. The Bertz CT molecular complexity index is 1550. The van der Waals surface area contributed by atoms with Crippen LogP contribution in [0.1, 0.15) is 41.0 Å². The van der Waals surface area contributed by atoms with Crippen LogP contribution in [0, 0.1) is 6.92 Å². The standard InChI is InChI=1S/C28H22F3N5O2/c1-16-7-9-18(10-8-16)35-25(37)20-13-17(14-33-24(20)28(29,30)31)19-5-4-6-21-23(19)27(2,3)26(38)36(21)22-11-12-32-15-34-22/h4-15H,1-3H3,(H,35,37). The molecular weight excluding hydrogens is 495 g/mol. The number of aryl methyl sites for hydroxylation is 1. The first kappa shape index (κ1) is 25.1. The number of halogens is 3. The number of carbonyl (C=O) groups excluding carboxylic acids is 2. The van der Waals surface area contributed by atoms with Crippen LogP contribution in [0.15, 0.2) is 73.3 Å². The molecule has 0 unspecified atom stereocenters. The molecule has 0 saturated carbocycles. The van der Waals surface area contributed by atoms with E-state index in [0.29, 0.717) is 28.3 Å². The zero-order chi connectivity index (χ0) is 27.2. The van der Waals surface area contributed by atoms with Gasteiger partial charge in [0.15, 0.2) is 5.69 Å². The van der Waals surface area contributed by atoms with E-state index in [4.69, 9.17) is 0 Å². The Morgan fingerprint density at radius 2 is 1.76 bits per heavy atom. The number of rotatable bonds is 4. The van der Waals surface area contributed by atoms with Crippen LogP contribution >= 0.6 is 0 Å². The van der Waals surface area contributed by atoms with Gasteiger partial charge in [0.05, 0.1) is 16.7 Å². The molecule has 0 fully saturated rings. The average molecular weight is 518 g/mol. The monoisotopic (exact) mass is 517 g/mol. The minimum atomic E-state index is -4.85. The first-order valence-electron chi connectivity index (χ1n) is 11.7. The third kappa shape index (κ3) is 4.27. The normalized spacial score (nSPS) is 14.4. The number of fused-ring (bicyclic) bond motifs is 1. The van der Waals surface area contributed by atoms with Crippen LogP contribution in [-0.2, 0) is 16.4 Å². The van der Waals surface area contributed by atoms with E-state index in [1.165, 1.54) is 23.5 Å². The van der Waals surface area contributed by atoms with Crippen molar-refractivity contribution >= 4 is 29.0 Å². The average Bonchev–Trinajstić information content (AvgIpc) is 3.10. The summed E-state index contributed by atoms with van der Waals surface area (Å²) in [6.45, 7) is 5.33. The molecule has 0 spiro atoms. The second-order valence-electron chi connectivity index (χ2n) is 9.47. The van der Waals surface area contributed by atoms with Crippen molar-refractivity contribution in [2.24, 2.45) is 0 Å². The summed E-state index contributed by atoms with van der Waals surface area (Å²) in [7, 11) is 0. The topological polar surface area (TPSA) is 88.1 Å². The Morgan fingerprint density at radius 3 is 2.42 bits per heavy atom. The molecule has 7 nitrogen and oxygen atoms in total. The lowest BCUT2D eigenvalue weighted by Crippen LogP contribution is -2.33. The molecule has 0 atom stereocenters. The fraction of sp³-hybridized carbons (Fsp3) is 0.179. The van der Waals surface area contributed by atoms with Crippen LogP contribution in [0.25, 0.3) is 11.1 Å². The SMILES string of the molecule is Cc1ccc(NC(=O)c2cc(-c3cccc4c3C(C)(C)C(=O)N4c3ccncn3)cnc2C(F)(F)F)cc1. The number of aromatic nitrogens is 3. The zero-order valence-electron chi connectivity index (χ0n) is 20.7. The summed E-state index contributed by atoms with van der Waals surface area (Å²) in [5.41, 5.74) is 0.235. The summed E-state index contributed by atoms with van der Waals surface area (Å²) in [6, 6.07) is 14.6.